The van der Waals surface area contributed by atoms with E-state index in [9.17, 15) is 0 Å². The Morgan fingerprint density at radius 1 is 1.46 bits per heavy atom. The predicted octanol–water partition coefficient (Wildman–Crippen LogP) is 3.16. The Hall–Kier alpha value is -0.750. The van der Waals surface area contributed by atoms with Crippen molar-refractivity contribution in [1.29, 1.82) is 5.26 Å². The summed E-state index contributed by atoms with van der Waals surface area (Å²) in [5.41, 5.74) is 0.684. The highest BCUT2D eigenvalue weighted by Crippen LogP contribution is 2.00. The fourth-order valence-corrected chi connectivity index (χ4v) is 0.844. The second kappa shape index (κ2) is 7.88. The van der Waals surface area contributed by atoms with Crippen molar-refractivity contribution >= 4 is 15.9 Å². The number of hydrogen-bond acceptors (Lipinski definition) is 2. The van der Waals surface area contributed by atoms with Crippen molar-refractivity contribution in [2.45, 2.75) is 20.3 Å². The number of hydrogen-bond donors (Lipinski definition) is 0. The maximum atomic E-state index is 8.47. The summed E-state index contributed by atoms with van der Waals surface area (Å²) < 4.78 is 5.35. The Morgan fingerprint density at radius 2 is 2.15 bits per heavy atom. The Balaban J connectivity index is 3.83. The minimum absolute atomic E-state index is 0.684. The topological polar surface area (TPSA) is 33.0 Å². The van der Waals surface area contributed by atoms with Gasteiger partial charge in [0, 0.05) is 10.9 Å². The summed E-state index contributed by atoms with van der Waals surface area (Å²) in [6.45, 7) is 4.37. The molecule has 0 aromatic rings. The summed E-state index contributed by atoms with van der Waals surface area (Å²) in [5, 5.41) is 9.42. The lowest BCUT2D eigenvalue weighted by molar-refractivity contribution is 0.216. The van der Waals surface area contributed by atoms with E-state index in [0.29, 0.717) is 12.2 Å². The van der Waals surface area contributed by atoms with E-state index in [1.54, 1.807) is 13.0 Å². The molecule has 0 heterocycles. The number of ether oxygens (including phenoxy) is 1. The maximum Gasteiger partial charge on any atom is 0.0944 e. The highest BCUT2D eigenvalue weighted by atomic mass is 79.9. The van der Waals surface area contributed by atoms with E-state index in [4.69, 9.17) is 10.00 Å². The van der Waals surface area contributed by atoms with Gasteiger partial charge in [0.25, 0.3) is 0 Å². The molecule has 72 valence electrons. The molecule has 0 rings (SSSR count). The molecular formula is C10H14BrNO. The van der Waals surface area contributed by atoms with Gasteiger partial charge in [-0.25, -0.2) is 0 Å². The molecule has 0 aliphatic rings. The quantitative estimate of drug-likeness (QED) is 0.244. The van der Waals surface area contributed by atoms with Crippen LogP contribution in [-0.2, 0) is 4.74 Å². The van der Waals surface area contributed by atoms with Crippen molar-refractivity contribution in [3.63, 3.8) is 0 Å². The zero-order valence-electron chi connectivity index (χ0n) is 8.01. The summed E-state index contributed by atoms with van der Waals surface area (Å²) in [5.74, 6) is 0.843. The van der Waals surface area contributed by atoms with Gasteiger partial charge in [0.1, 0.15) is 0 Å². The summed E-state index contributed by atoms with van der Waals surface area (Å²) in [6.07, 6.45) is 4.56. The monoisotopic (exact) mass is 243 g/mol. The van der Waals surface area contributed by atoms with E-state index in [0.717, 1.165) is 17.5 Å². The molecule has 0 bridgehead atoms. The molecule has 0 radical (unpaired) electrons. The van der Waals surface area contributed by atoms with Gasteiger partial charge in [-0.05, 0) is 32.4 Å². The van der Waals surface area contributed by atoms with Crippen LogP contribution in [0, 0.1) is 11.3 Å². The fraction of sp³-hybridized carbons (Fsp3) is 0.500. The van der Waals surface area contributed by atoms with Crippen molar-refractivity contribution < 1.29 is 4.74 Å². The zero-order chi connectivity index (χ0) is 10.1. The Bertz CT molecular complexity index is 238. The molecule has 3 heteroatoms. The first-order valence-electron chi connectivity index (χ1n) is 4.14. The van der Waals surface area contributed by atoms with Crippen LogP contribution in [0.15, 0.2) is 23.5 Å². The lowest BCUT2D eigenvalue weighted by Gasteiger charge is -2.02. The van der Waals surface area contributed by atoms with E-state index in [1.807, 2.05) is 19.1 Å². The van der Waals surface area contributed by atoms with Crippen molar-refractivity contribution in [1.82, 2.24) is 0 Å². The summed E-state index contributed by atoms with van der Waals surface area (Å²) >= 11 is 3.32. The lowest BCUT2D eigenvalue weighted by Crippen LogP contribution is -1.92. The average Bonchev–Trinajstić information content (AvgIpc) is 2.14. The van der Waals surface area contributed by atoms with Crippen LogP contribution in [0.5, 0.6) is 0 Å². The molecule has 0 unspecified atom stereocenters. The standard InChI is InChI=1S/C10H14BrNO/c1-9(8-12)4-5-10(2)13-7-3-6-11/h4-5H,3,6-7H2,1-2H3/b9-4+,10-5+. The third kappa shape index (κ3) is 7.61. The van der Waals surface area contributed by atoms with Crippen LogP contribution in [0.3, 0.4) is 0 Å². The van der Waals surface area contributed by atoms with Gasteiger partial charge < -0.3 is 4.74 Å². The van der Waals surface area contributed by atoms with Gasteiger partial charge >= 0.3 is 0 Å². The van der Waals surface area contributed by atoms with E-state index in [-0.39, 0.29) is 0 Å². The van der Waals surface area contributed by atoms with Crippen LogP contribution in [0.25, 0.3) is 0 Å². The smallest absolute Gasteiger partial charge is 0.0944 e. The van der Waals surface area contributed by atoms with E-state index >= 15 is 0 Å². The third-order valence-electron chi connectivity index (χ3n) is 1.35. The number of nitrogens with zero attached hydrogens (tertiary/aromatic N) is 1. The van der Waals surface area contributed by atoms with Gasteiger partial charge in [0.15, 0.2) is 0 Å². The largest absolute Gasteiger partial charge is 0.498 e. The summed E-state index contributed by atoms with van der Waals surface area (Å²) in [7, 11) is 0. The highest BCUT2D eigenvalue weighted by molar-refractivity contribution is 9.09. The van der Waals surface area contributed by atoms with Crippen molar-refractivity contribution in [2.75, 3.05) is 11.9 Å². The summed E-state index contributed by atoms with van der Waals surface area (Å²) in [6, 6.07) is 2.04. The number of rotatable bonds is 5. The van der Waals surface area contributed by atoms with Gasteiger partial charge in [0.05, 0.1) is 18.4 Å². The maximum absolute atomic E-state index is 8.47. The van der Waals surface area contributed by atoms with E-state index in [1.165, 1.54) is 0 Å². The minimum Gasteiger partial charge on any atom is -0.498 e. The number of alkyl halides is 1. The molecule has 0 fully saturated rings. The van der Waals surface area contributed by atoms with E-state index in [2.05, 4.69) is 15.9 Å². The van der Waals surface area contributed by atoms with Crippen LogP contribution < -0.4 is 0 Å². The average molecular weight is 244 g/mol. The Labute approximate surface area is 88.0 Å². The SMILES string of the molecule is C/C(C#N)=C\C=C(/C)OCCCBr. The molecule has 0 saturated carbocycles. The van der Waals surface area contributed by atoms with Crippen LogP contribution in [-0.4, -0.2) is 11.9 Å². The molecule has 0 aromatic carbocycles. The molecule has 0 amide bonds. The van der Waals surface area contributed by atoms with Gasteiger partial charge in [-0.3, -0.25) is 0 Å². The van der Waals surface area contributed by atoms with Crippen LogP contribution in [0.1, 0.15) is 20.3 Å². The normalized spacial score (nSPS) is 12.5. The third-order valence-corrected chi connectivity index (χ3v) is 1.91. The highest BCUT2D eigenvalue weighted by Gasteiger charge is 1.88. The Morgan fingerprint density at radius 3 is 2.69 bits per heavy atom. The predicted molar refractivity (Wildman–Crippen MR) is 57.5 cm³/mol. The van der Waals surface area contributed by atoms with E-state index < -0.39 is 0 Å². The zero-order valence-corrected chi connectivity index (χ0v) is 9.60. The molecule has 0 aromatic heterocycles. The fourth-order valence-electron chi connectivity index (χ4n) is 0.615. The molecule has 0 atom stereocenters. The molecular weight excluding hydrogens is 230 g/mol. The van der Waals surface area contributed by atoms with Gasteiger partial charge in [0.2, 0.25) is 0 Å². The van der Waals surface area contributed by atoms with Crippen LogP contribution in [0.4, 0.5) is 0 Å². The molecule has 2 nitrogen and oxygen atoms in total. The van der Waals surface area contributed by atoms with Crippen molar-refractivity contribution in [3.05, 3.63) is 23.5 Å². The van der Waals surface area contributed by atoms with Crippen molar-refractivity contribution in [3.8, 4) is 6.07 Å². The van der Waals surface area contributed by atoms with Gasteiger partial charge in [-0.2, -0.15) is 5.26 Å². The number of halogens is 1. The van der Waals surface area contributed by atoms with Crippen LogP contribution in [0.2, 0.25) is 0 Å². The number of nitriles is 1. The minimum atomic E-state index is 0.684. The first kappa shape index (κ1) is 12.2. The molecule has 0 spiro atoms. The lowest BCUT2D eigenvalue weighted by atomic mass is 10.3. The molecule has 13 heavy (non-hydrogen) atoms. The van der Waals surface area contributed by atoms with Crippen LogP contribution >= 0.6 is 15.9 Å². The first-order chi connectivity index (χ1) is 6.20. The van der Waals surface area contributed by atoms with Gasteiger partial charge in [-0.15, -0.1) is 0 Å². The number of allylic oxidation sites excluding steroid dienone is 4. The molecule has 0 aliphatic heterocycles. The van der Waals surface area contributed by atoms with Crippen molar-refractivity contribution in [2.24, 2.45) is 0 Å². The van der Waals surface area contributed by atoms with Gasteiger partial charge in [-0.1, -0.05) is 15.9 Å². The molecule has 0 saturated heterocycles. The first-order valence-corrected chi connectivity index (χ1v) is 5.27. The Kier molecular flexibility index (Phi) is 7.42. The summed E-state index contributed by atoms with van der Waals surface area (Å²) in [4.78, 5) is 0. The molecule has 0 aliphatic carbocycles. The second-order valence-corrected chi connectivity index (χ2v) is 3.42. The molecule has 0 N–H and O–H groups in total. The second-order valence-electron chi connectivity index (χ2n) is 2.63.